The van der Waals surface area contributed by atoms with Gasteiger partial charge in [-0.2, -0.15) is 0 Å². The number of carbonyl (C=O) groups excluding carboxylic acids is 2. The molecule has 1 aromatic rings. The van der Waals surface area contributed by atoms with Crippen molar-refractivity contribution in [2.45, 2.75) is 89.8 Å². The van der Waals surface area contributed by atoms with Crippen LogP contribution < -0.4 is 0 Å². The maximum absolute atomic E-state index is 13.3. The van der Waals surface area contributed by atoms with Gasteiger partial charge in [0.25, 0.3) is 5.91 Å². The van der Waals surface area contributed by atoms with Crippen LogP contribution in [-0.2, 0) is 9.47 Å². The molecular weight excluding hydrogens is 502 g/mol. The topological polar surface area (TPSA) is 62.3 Å². The van der Waals surface area contributed by atoms with Gasteiger partial charge in [-0.15, -0.1) is 12.4 Å². The Kier molecular flexibility index (Phi) is 9.64. The summed E-state index contributed by atoms with van der Waals surface area (Å²) in [5.41, 5.74) is 2.65. The van der Waals surface area contributed by atoms with Crippen molar-refractivity contribution in [3.8, 4) is 0 Å². The maximum atomic E-state index is 13.3. The minimum Gasteiger partial charge on any atom is -0.440 e. The second-order valence-electron chi connectivity index (χ2n) is 11.8. The number of amides is 2. The number of unbranched alkanes of at least 4 members (excludes halogenated alkanes) is 1. The zero-order valence-corrected chi connectivity index (χ0v) is 24.3. The van der Waals surface area contributed by atoms with Gasteiger partial charge >= 0.3 is 6.09 Å². The van der Waals surface area contributed by atoms with Crippen LogP contribution in [0.25, 0.3) is 0 Å². The lowest BCUT2D eigenvalue weighted by Gasteiger charge is -2.46. The first-order valence-electron chi connectivity index (χ1n) is 14.6. The summed E-state index contributed by atoms with van der Waals surface area (Å²) >= 11 is 0. The largest absolute Gasteiger partial charge is 0.440 e. The summed E-state index contributed by atoms with van der Waals surface area (Å²) in [5, 5.41) is 0. The molecule has 0 bridgehead atoms. The predicted molar refractivity (Wildman–Crippen MR) is 151 cm³/mol. The number of hydrogen-bond donors (Lipinski definition) is 0. The van der Waals surface area contributed by atoms with Crippen molar-refractivity contribution in [3.05, 3.63) is 34.9 Å². The highest BCUT2D eigenvalue weighted by molar-refractivity contribution is 5.97. The Labute approximate surface area is 234 Å². The number of rotatable bonds is 7. The third-order valence-corrected chi connectivity index (χ3v) is 9.43. The highest BCUT2D eigenvalue weighted by Crippen LogP contribution is 2.42. The van der Waals surface area contributed by atoms with Gasteiger partial charge in [0.05, 0.1) is 12.6 Å². The lowest BCUT2D eigenvalue weighted by molar-refractivity contribution is -0.0385. The van der Waals surface area contributed by atoms with E-state index < -0.39 is 0 Å². The molecule has 7 nitrogen and oxygen atoms in total. The van der Waals surface area contributed by atoms with Gasteiger partial charge < -0.3 is 19.3 Å². The van der Waals surface area contributed by atoms with E-state index in [1.807, 2.05) is 36.9 Å². The van der Waals surface area contributed by atoms with E-state index in [9.17, 15) is 9.59 Å². The molecule has 2 atom stereocenters. The molecule has 4 aliphatic rings. The molecule has 0 aromatic heterocycles. The summed E-state index contributed by atoms with van der Waals surface area (Å²) in [5.74, 6) is 0.610. The standard InChI is InChI=1S/C30H45N3O4.ClH/c1-4-5-9-26-30(37-29(35)33(26)20-24-12-19-36-21-24)13-17-31(18-14-30)25-10-15-32(16-11-25)28(34)27-22(2)7-6-8-23(27)3;/h6-8,24-26H,4-5,9-21H2,1-3H3;1H. The first-order valence-corrected chi connectivity index (χ1v) is 14.6. The van der Waals surface area contributed by atoms with Crippen molar-refractivity contribution in [2.24, 2.45) is 5.92 Å². The zero-order chi connectivity index (χ0) is 26.0. The van der Waals surface area contributed by atoms with Gasteiger partial charge in [-0.3, -0.25) is 9.69 Å². The lowest BCUT2D eigenvalue weighted by Crippen LogP contribution is -2.56. The summed E-state index contributed by atoms with van der Waals surface area (Å²) in [7, 11) is 0. The van der Waals surface area contributed by atoms with Crippen molar-refractivity contribution >= 4 is 24.4 Å². The SMILES string of the molecule is CCCCC1N(CC2CCOC2)C(=O)OC12CCN(C1CCN(C(=O)c3c(C)cccc3C)CC1)CC2.Cl. The van der Waals surface area contributed by atoms with Gasteiger partial charge in [0.2, 0.25) is 0 Å². The third kappa shape index (κ3) is 5.85. The summed E-state index contributed by atoms with van der Waals surface area (Å²) in [6.45, 7) is 12.2. The van der Waals surface area contributed by atoms with E-state index in [4.69, 9.17) is 9.47 Å². The van der Waals surface area contributed by atoms with Crippen LogP contribution in [0.4, 0.5) is 4.79 Å². The number of carbonyl (C=O) groups is 2. The molecule has 1 aromatic carbocycles. The number of aryl methyl sites for hydroxylation is 2. The van der Waals surface area contributed by atoms with Crippen LogP contribution in [0.5, 0.6) is 0 Å². The van der Waals surface area contributed by atoms with Crippen LogP contribution in [-0.4, -0.2) is 90.3 Å². The van der Waals surface area contributed by atoms with Gasteiger partial charge in [-0.1, -0.05) is 38.0 Å². The molecule has 212 valence electrons. The Morgan fingerprint density at radius 1 is 1.05 bits per heavy atom. The Balaban J connectivity index is 0.00000336. The van der Waals surface area contributed by atoms with E-state index in [1.54, 1.807) is 0 Å². The third-order valence-electron chi connectivity index (χ3n) is 9.43. The van der Waals surface area contributed by atoms with Gasteiger partial charge in [0, 0.05) is 69.7 Å². The fourth-order valence-corrected chi connectivity index (χ4v) is 7.18. The van der Waals surface area contributed by atoms with Gasteiger partial charge in [0.15, 0.2) is 0 Å². The zero-order valence-electron chi connectivity index (χ0n) is 23.5. The molecule has 0 saturated carbocycles. The van der Waals surface area contributed by atoms with Crippen LogP contribution in [0.3, 0.4) is 0 Å². The van der Waals surface area contributed by atoms with Crippen molar-refractivity contribution in [1.29, 1.82) is 0 Å². The Morgan fingerprint density at radius 3 is 2.34 bits per heavy atom. The molecule has 5 rings (SSSR count). The number of halogens is 1. The average Bonchev–Trinajstić information content (AvgIpc) is 3.50. The molecule has 2 amide bonds. The van der Waals surface area contributed by atoms with Gasteiger partial charge in [-0.05, 0) is 50.7 Å². The molecule has 8 heteroatoms. The molecule has 4 heterocycles. The number of benzene rings is 1. The van der Waals surface area contributed by atoms with E-state index >= 15 is 0 Å². The Hall–Kier alpha value is -1.83. The van der Waals surface area contributed by atoms with Gasteiger partial charge in [0.1, 0.15) is 5.60 Å². The van der Waals surface area contributed by atoms with Crippen LogP contribution in [0.15, 0.2) is 18.2 Å². The second kappa shape index (κ2) is 12.6. The molecule has 0 radical (unpaired) electrons. The Morgan fingerprint density at radius 2 is 1.74 bits per heavy atom. The van der Waals surface area contributed by atoms with Gasteiger partial charge in [-0.25, -0.2) is 4.79 Å². The van der Waals surface area contributed by atoms with Crippen molar-refractivity contribution < 1.29 is 19.1 Å². The van der Waals surface area contributed by atoms with Crippen molar-refractivity contribution in [2.75, 3.05) is 45.9 Å². The second-order valence-corrected chi connectivity index (χ2v) is 11.8. The highest BCUT2D eigenvalue weighted by Gasteiger charge is 2.55. The quantitative estimate of drug-likeness (QED) is 0.469. The first-order chi connectivity index (χ1) is 17.9. The molecular formula is C30H46ClN3O4. The minimum absolute atomic E-state index is 0. The van der Waals surface area contributed by atoms with Crippen molar-refractivity contribution in [1.82, 2.24) is 14.7 Å². The molecule has 1 spiro atoms. The summed E-state index contributed by atoms with van der Waals surface area (Å²) in [6, 6.07) is 6.76. The van der Waals surface area contributed by atoms with Crippen LogP contribution in [0.1, 0.15) is 79.8 Å². The Bertz CT molecular complexity index is 946. The van der Waals surface area contributed by atoms with E-state index in [1.165, 1.54) is 0 Å². The van der Waals surface area contributed by atoms with Crippen LogP contribution in [0, 0.1) is 19.8 Å². The lowest BCUT2D eigenvalue weighted by atomic mass is 9.80. The summed E-state index contributed by atoms with van der Waals surface area (Å²) in [4.78, 5) is 33.0. The van der Waals surface area contributed by atoms with E-state index in [2.05, 4.69) is 16.7 Å². The number of piperidine rings is 2. The molecule has 4 aliphatic heterocycles. The minimum atomic E-state index is -0.346. The van der Waals surface area contributed by atoms with Crippen molar-refractivity contribution in [3.63, 3.8) is 0 Å². The fourth-order valence-electron chi connectivity index (χ4n) is 7.18. The monoisotopic (exact) mass is 547 g/mol. The first kappa shape index (κ1) is 29.2. The molecule has 0 N–H and O–H groups in total. The number of nitrogens with zero attached hydrogens (tertiary/aromatic N) is 3. The average molecular weight is 548 g/mol. The summed E-state index contributed by atoms with van der Waals surface area (Å²) in [6.07, 6.45) is 8.04. The molecule has 2 unspecified atom stereocenters. The van der Waals surface area contributed by atoms with E-state index in [-0.39, 0.29) is 36.1 Å². The fraction of sp³-hybridized carbons (Fsp3) is 0.733. The normalized spacial score (nSPS) is 26.0. The smallest absolute Gasteiger partial charge is 0.410 e. The number of likely N-dealkylation sites (tertiary alicyclic amines) is 2. The van der Waals surface area contributed by atoms with E-state index in [0.29, 0.717) is 12.0 Å². The van der Waals surface area contributed by atoms with Crippen LogP contribution in [0.2, 0.25) is 0 Å². The number of hydrogen-bond acceptors (Lipinski definition) is 5. The molecule has 0 aliphatic carbocycles. The molecule has 4 fully saturated rings. The number of ether oxygens (including phenoxy) is 2. The maximum Gasteiger partial charge on any atom is 0.410 e. The summed E-state index contributed by atoms with van der Waals surface area (Å²) < 4.78 is 11.8. The predicted octanol–water partition coefficient (Wildman–Crippen LogP) is 5.21. The molecule has 38 heavy (non-hydrogen) atoms. The van der Waals surface area contributed by atoms with Crippen LogP contribution >= 0.6 is 12.4 Å². The highest BCUT2D eigenvalue weighted by atomic mass is 35.5. The van der Waals surface area contributed by atoms with E-state index in [0.717, 1.165) is 114 Å². The molecule has 4 saturated heterocycles.